The molecule has 0 aromatic heterocycles. The highest BCUT2D eigenvalue weighted by Crippen LogP contribution is 2.46. The molecule has 104 valence electrons. The standard InChI is InChI=1S/C15H21NO3/c1-18-10-13(12-6-4-3-5-7-12)16-11-15(8-9-15)14(17)19-2/h3-7,13,16H,8-11H2,1-2H3/t13-/m1/s1. The fourth-order valence-corrected chi connectivity index (χ4v) is 2.26. The number of carbonyl (C=O) groups excluding carboxylic acids is 1. The van der Waals surface area contributed by atoms with Crippen LogP contribution < -0.4 is 5.32 Å². The summed E-state index contributed by atoms with van der Waals surface area (Å²) in [6, 6.07) is 10.2. The number of benzene rings is 1. The molecule has 0 radical (unpaired) electrons. The van der Waals surface area contributed by atoms with Crippen LogP contribution in [0.3, 0.4) is 0 Å². The van der Waals surface area contributed by atoms with Gasteiger partial charge in [-0.3, -0.25) is 4.79 Å². The molecular formula is C15H21NO3. The lowest BCUT2D eigenvalue weighted by molar-refractivity contribution is -0.147. The molecule has 4 heteroatoms. The zero-order valence-corrected chi connectivity index (χ0v) is 11.5. The molecule has 1 N–H and O–H groups in total. The molecule has 1 aromatic rings. The smallest absolute Gasteiger partial charge is 0.313 e. The molecular weight excluding hydrogens is 242 g/mol. The van der Waals surface area contributed by atoms with Crippen molar-refractivity contribution in [1.82, 2.24) is 5.32 Å². The third kappa shape index (κ3) is 3.33. The summed E-state index contributed by atoms with van der Waals surface area (Å²) < 4.78 is 10.1. The molecule has 1 aliphatic rings. The molecule has 0 heterocycles. The molecule has 0 unspecified atom stereocenters. The van der Waals surface area contributed by atoms with Gasteiger partial charge in [0.15, 0.2) is 0 Å². The molecule has 0 aliphatic heterocycles. The van der Waals surface area contributed by atoms with E-state index in [1.807, 2.05) is 18.2 Å². The van der Waals surface area contributed by atoms with Crippen LogP contribution >= 0.6 is 0 Å². The van der Waals surface area contributed by atoms with Gasteiger partial charge >= 0.3 is 5.97 Å². The summed E-state index contributed by atoms with van der Waals surface area (Å²) in [7, 11) is 3.14. The van der Waals surface area contributed by atoms with Crippen LogP contribution in [0.25, 0.3) is 0 Å². The van der Waals surface area contributed by atoms with Crippen molar-refractivity contribution in [2.24, 2.45) is 5.41 Å². The van der Waals surface area contributed by atoms with Crippen molar-refractivity contribution in [2.75, 3.05) is 27.4 Å². The summed E-state index contributed by atoms with van der Waals surface area (Å²) in [4.78, 5) is 11.7. The van der Waals surface area contributed by atoms with Gasteiger partial charge in [0.05, 0.1) is 25.2 Å². The van der Waals surface area contributed by atoms with E-state index in [4.69, 9.17) is 9.47 Å². The number of hydrogen-bond acceptors (Lipinski definition) is 4. The van der Waals surface area contributed by atoms with Crippen LogP contribution in [-0.2, 0) is 14.3 Å². The van der Waals surface area contributed by atoms with Crippen LogP contribution in [0.15, 0.2) is 30.3 Å². The first-order chi connectivity index (χ1) is 9.22. The summed E-state index contributed by atoms with van der Waals surface area (Å²) in [5, 5.41) is 3.43. The Kier molecular flexibility index (Phi) is 4.56. The van der Waals surface area contributed by atoms with E-state index in [1.165, 1.54) is 12.7 Å². The number of rotatable bonds is 7. The third-order valence-corrected chi connectivity index (χ3v) is 3.69. The maximum atomic E-state index is 11.7. The number of carbonyl (C=O) groups is 1. The topological polar surface area (TPSA) is 47.6 Å². The summed E-state index contributed by atoms with van der Waals surface area (Å²) in [6.45, 7) is 1.23. The van der Waals surface area contributed by atoms with E-state index in [1.54, 1.807) is 7.11 Å². The van der Waals surface area contributed by atoms with Crippen molar-refractivity contribution < 1.29 is 14.3 Å². The van der Waals surface area contributed by atoms with Gasteiger partial charge in [-0.1, -0.05) is 30.3 Å². The molecule has 19 heavy (non-hydrogen) atoms. The molecule has 1 atom stereocenters. The first-order valence-corrected chi connectivity index (χ1v) is 6.57. The van der Waals surface area contributed by atoms with E-state index in [9.17, 15) is 4.79 Å². The Balaban J connectivity index is 1.97. The third-order valence-electron chi connectivity index (χ3n) is 3.69. The number of esters is 1. The quantitative estimate of drug-likeness (QED) is 0.763. The van der Waals surface area contributed by atoms with Gasteiger partial charge in [-0.05, 0) is 18.4 Å². The van der Waals surface area contributed by atoms with E-state index < -0.39 is 0 Å². The highest BCUT2D eigenvalue weighted by atomic mass is 16.5. The fraction of sp³-hybridized carbons (Fsp3) is 0.533. The Hall–Kier alpha value is -1.39. The van der Waals surface area contributed by atoms with Gasteiger partial charge in [0.1, 0.15) is 0 Å². The maximum Gasteiger partial charge on any atom is 0.313 e. The Bertz CT molecular complexity index is 415. The van der Waals surface area contributed by atoms with Crippen LogP contribution in [-0.4, -0.2) is 33.3 Å². The summed E-state index contributed by atoms with van der Waals surface area (Å²) >= 11 is 0. The highest BCUT2D eigenvalue weighted by molar-refractivity contribution is 5.80. The van der Waals surface area contributed by atoms with Crippen molar-refractivity contribution in [3.8, 4) is 0 Å². The van der Waals surface area contributed by atoms with Gasteiger partial charge in [0, 0.05) is 13.7 Å². The number of ether oxygens (including phenoxy) is 2. The Labute approximate surface area is 114 Å². The average Bonchev–Trinajstić information content (AvgIpc) is 3.24. The molecule has 0 spiro atoms. The second-order valence-corrected chi connectivity index (χ2v) is 5.07. The minimum atomic E-state index is -0.310. The van der Waals surface area contributed by atoms with Crippen molar-refractivity contribution in [3.05, 3.63) is 35.9 Å². The lowest BCUT2D eigenvalue weighted by Gasteiger charge is -2.21. The lowest BCUT2D eigenvalue weighted by Crippen LogP contribution is -2.35. The molecule has 1 aromatic carbocycles. The molecule has 1 fully saturated rings. The van der Waals surface area contributed by atoms with Crippen LogP contribution in [0, 0.1) is 5.41 Å². The molecule has 1 aliphatic carbocycles. The number of hydrogen-bond donors (Lipinski definition) is 1. The summed E-state index contributed by atoms with van der Waals surface area (Å²) in [5.74, 6) is -0.107. The number of methoxy groups -OCH3 is 2. The fourth-order valence-electron chi connectivity index (χ4n) is 2.26. The van der Waals surface area contributed by atoms with Crippen molar-refractivity contribution in [1.29, 1.82) is 0 Å². The van der Waals surface area contributed by atoms with E-state index >= 15 is 0 Å². The van der Waals surface area contributed by atoms with Crippen molar-refractivity contribution >= 4 is 5.97 Å². The van der Waals surface area contributed by atoms with Gasteiger partial charge in [0.25, 0.3) is 0 Å². The monoisotopic (exact) mass is 263 g/mol. The first kappa shape index (κ1) is 14.0. The van der Waals surface area contributed by atoms with Crippen molar-refractivity contribution in [3.63, 3.8) is 0 Å². The SMILES string of the molecule is COC[C@@H](NCC1(C(=O)OC)CC1)c1ccccc1. The average molecular weight is 263 g/mol. The second-order valence-electron chi connectivity index (χ2n) is 5.07. The molecule has 2 rings (SSSR count). The van der Waals surface area contributed by atoms with Gasteiger partial charge in [-0.15, -0.1) is 0 Å². The maximum absolute atomic E-state index is 11.7. The van der Waals surface area contributed by atoms with Gasteiger partial charge in [0.2, 0.25) is 0 Å². The zero-order valence-electron chi connectivity index (χ0n) is 11.5. The Morgan fingerprint density at radius 2 is 2.00 bits per heavy atom. The predicted octanol–water partition coefficient (Wildman–Crippen LogP) is 1.92. The molecule has 1 saturated carbocycles. The zero-order chi connectivity index (χ0) is 13.7. The molecule has 0 amide bonds. The second kappa shape index (κ2) is 6.17. The Morgan fingerprint density at radius 1 is 1.32 bits per heavy atom. The first-order valence-electron chi connectivity index (χ1n) is 6.57. The largest absolute Gasteiger partial charge is 0.469 e. The summed E-state index contributed by atoms with van der Waals surface area (Å²) in [5.41, 5.74) is 0.861. The van der Waals surface area contributed by atoms with Crippen LogP contribution in [0.4, 0.5) is 0 Å². The van der Waals surface area contributed by atoms with E-state index in [0.717, 1.165) is 12.8 Å². The summed E-state index contributed by atoms with van der Waals surface area (Å²) in [6.07, 6.45) is 1.81. The highest BCUT2D eigenvalue weighted by Gasteiger charge is 2.50. The molecule has 0 saturated heterocycles. The Morgan fingerprint density at radius 3 is 2.53 bits per heavy atom. The molecule has 0 bridgehead atoms. The normalized spacial score (nSPS) is 17.8. The van der Waals surface area contributed by atoms with Crippen LogP contribution in [0.1, 0.15) is 24.4 Å². The molecule has 4 nitrogen and oxygen atoms in total. The van der Waals surface area contributed by atoms with Gasteiger partial charge in [-0.25, -0.2) is 0 Å². The van der Waals surface area contributed by atoms with Gasteiger partial charge < -0.3 is 14.8 Å². The lowest BCUT2D eigenvalue weighted by atomic mass is 10.0. The van der Waals surface area contributed by atoms with E-state index in [-0.39, 0.29) is 17.4 Å². The van der Waals surface area contributed by atoms with Crippen LogP contribution in [0.5, 0.6) is 0 Å². The number of nitrogens with one attached hydrogen (secondary N) is 1. The predicted molar refractivity (Wildman–Crippen MR) is 72.7 cm³/mol. The minimum absolute atomic E-state index is 0.105. The van der Waals surface area contributed by atoms with E-state index in [2.05, 4.69) is 17.4 Å². The van der Waals surface area contributed by atoms with Crippen LogP contribution in [0.2, 0.25) is 0 Å². The van der Waals surface area contributed by atoms with E-state index in [0.29, 0.717) is 13.2 Å². The van der Waals surface area contributed by atoms with Gasteiger partial charge in [-0.2, -0.15) is 0 Å². The minimum Gasteiger partial charge on any atom is -0.469 e. The van der Waals surface area contributed by atoms with Crippen molar-refractivity contribution in [2.45, 2.75) is 18.9 Å².